The molecule has 1 fully saturated rings. The lowest BCUT2D eigenvalue weighted by molar-refractivity contribution is 0.519. The molecule has 1 saturated carbocycles. The Morgan fingerprint density at radius 1 is 1.35 bits per heavy atom. The van der Waals surface area contributed by atoms with Crippen LogP contribution in [-0.2, 0) is 10.0 Å². The van der Waals surface area contributed by atoms with E-state index in [1.165, 1.54) is 0 Å². The fraction of sp³-hybridized carbons (Fsp3) is 0.455. The molecule has 1 aliphatic carbocycles. The zero-order valence-corrected chi connectivity index (χ0v) is 11.7. The standard InChI is InChI=1S/C11H15BrN2O2S/c12-9-3-5-10(6-4-9)17(15,16)14-11(7-13)8-1-2-8/h3-6,8,11,14H,1-2,7,13H2. The number of rotatable bonds is 5. The second-order valence-electron chi connectivity index (χ2n) is 4.25. The van der Waals surface area contributed by atoms with Crippen LogP contribution in [0.15, 0.2) is 33.6 Å². The molecule has 0 heterocycles. The molecule has 1 aliphatic rings. The average molecular weight is 319 g/mol. The predicted molar refractivity (Wildman–Crippen MR) is 70.0 cm³/mol. The maximum Gasteiger partial charge on any atom is 0.240 e. The summed E-state index contributed by atoms with van der Waals surface area (Å²) in [7, 11) is -3.44. The normalized spacial score (nSPS) is 18.0. The van der Waals surface area contributed by atoms with Crippen molar-refractivity contribution in [2.24, 2.45) is 11.7 Å². The Morgan fingerprint density at radius 3 is 2.41 bits per heavy atom. The zero-order valence-electron chi connectivity index (χ0n) is 9.27. The van der Waals surface area contributed by atoms with E-state index in [0.29, 0.717) is 12.5 Å². The first kappa shape index (κ1) is 13.0. The molecule has 0 radical (unpaired) electrons. The highest BCUT2D eigenvalue weighted by Crippen LogP contribution is 2.32. The first-order valence-corrected chi connectivity index (χ1v) is 7.78. The van der Waals surface area contributed by atoms with Crippen molar-refractivity contribution in [3.8, 4) is 0 Å². The number of nitrogens with two attached hydrogens (primary N) is 1. The topological polar surface area (TPSA) is 72.2 Å². The molecule has 0 aromatic heterocycles. The Balaban J connectivity index is 2.15. The summed E-state index contributed by atoms with van der Waals surface area (Å²) < 4.78 is 27.7. The van der Waals surface area contributed by atoms with E-state index in [-0.39, 0.29) is 10.9 Å². The smallest absolute Gasteiger partial charge is 0.240 e. The van der Waals surface area contributed by atoms with Gasteiger partial charge < -0.3 is 5.73 Å². The molecule has 17 heavy (non-hydrogen) atoms. The minimum Gasteiger partial charge on any atom is -0.329 e. The Morgan fingerprint density at radius 2 is 1.94 bits per heavy atom. The highest BCUT2D eigenvalue weighted by molar-refractivity contribution is 9.10. The van der Waals surface area contributed by atoms with Crippen LogP contribution in [0.5, 0.6) is 0 Å². The van der Waals surface area contributed by atoms with Crippen molar-refractivity contribution in [2.45, 2.75) is 23.8 Å². The fourth-order valence-corrected chi connectivity index (χ4v) is 3.30. The van der Waals surface area contributed by atoms with Gasteiger partial charge in [0, 0.05) is 17.1 Å². The van der Waals surface area contributed by atoms with Gasteiger partial charge in [0.1, 0.15) is 0 Å². The van der Waals surface area contributed by atoms with Gasteiger partial charge in [-0.25, -0.2) is 13.1 Å². The third-order valence-corrected chi connectivity index (χ3v) is 4.91. The van der Waals surface area contributed by atoms with Gasteiger partial charge in [0.2, 0.25) is 10.0 Å². The SMILES string of the molecule is NCC(NS(=O)(=O)c1ccc(Br)cc1)C1CC1. The lowest BCUT2D eigenvalue weighted by Crippen LogP contribution is -2.41. The minimum atomic E-state index is -3.44. The Bertz CT molecular complexity index is 483. The second-order valence-corrected chi connectivity index (χ2v) is 6.88. The quantitative estimate of drug-likeness (QED) is 0.863. The molecular formula is C11H15BrN2O2S. The Kier molecular flexibility index (Phi) is 3.87. The zero-order chi connectivity index (χ0) is 12.5. The van der Waals surface area contributed by atoms with Gasteiger partial charge >= 0.3 is 0 Å². The van der Waals surface area contributed by atoms with E-state index in [2.05, 4.69) is 20.7 Å². The molecule has 0 saturated heterocycles. The number of sulfonamides is 1. The van der Waals surface area contributed by atoms with Crippen LogP contribution >= 0.6 is 15.9 Å². The molecule has 0 spiro atoms. The Labute approximate surface area is 110 Å². The van der Waals surface area contributed by atoms with E-state index in [4.69, 9.17) is 5.73 Å². The van der Waals surface area contributed by atoms with E-state index >= 15 is 0 Å². The van der Waals surface area contributed by atoms with Gasteiger partial charge in [0.25, 0.3) is 0 Å². The summed E-state index contributed by atoms with van der Waals surface area (Å²) >= 11 is 3.27. The van der Waals surface area contributed by atoms with E-state index in [9.17, 15) is 8.42 Å². The lowest BCUT2D eigenvalue weighted by Gasteiger charge is -2.16. The number of nitrogens with one attached hydrogen (secondary N) is 1. The number of hydrogen-bond acceptors (Lipinski definition) is 3. The van der Waals surface area contributed by atoms with E-state index in [1.807, 2.05) is 0 Å². The van der Waals surface area contributed by atoms with Gasteiger partial charge in [0.05, 0.1) is 4.90 Å². The number of hydrogen-bond donors (Lipinski definition) is 2. The van der Waals surface area contributed by atoms with Gasteiger partial charge in [-0.2, -0.15) is 0 Å². The second kappa shape index (κ2) is 5.06. The van der Waals surface area contributed by atoms with E-state index in [1.54, 1.807) is 24.3 Å². The number of benzene rings is 1. The third kappa shape index (κ3) is 3.28. The van der Waals surface area contributed by atoms with E-state index in [0.717, 1.165) is 17.3 Å². The van der Waals surface area contributed by atoms with E-state index < -0.39 is 10.0 Å². The summed E-state index contributed by atoms with van der Waals surface area (Å²) in [5.41, 5.74) is 5.59. The van der Waals surface area contributed by atoms with Crippen LogP contribution in [0.2, 0.25) is 0 Å². The van der Waals surface area contributed by atoms with Gasteiger partial charge in [-0.15, -0.1) is 0 Å². The molecular weight excluding hydrogens is 304 g/mol. The van der Waals surface area contributed by atoms with Gasteiger partial charge in [-0.05, 0) is 43.0 Å². The molecule has 1 aromatic carbocycles. The van der Waals surface area contributed by atoms with Crippen molar-refractivity contribution in [2.75, 3.05) is 6.54 Å². The first-order valence-electron chi connectivity index (χ1n) is 5.51. The van der Waals surface area contributed by atoms with Gasteiger partial charge in [0.15, 0.2) is 0 Å². The predicted octanol–water partition coefficient (Wildman–Crippen LogP) is 1.46. The van der Waals surface area contributed by atoms with Crippen LogP contribution in [0.3, 0.4) is 0 Å². The monoisotopic (exact) mass is 318 g/mol. The molecule has 0 aliphatic heterocycles. The Hall–Kier alpha value is -0.430. The lowest BCUT2D eigenvalue weighted by atomic mass is 10.2. The molecule has 0 bridgehead atoms. The molecule has 1 unspecified atom stereocenters. The summed E-state index contributed by atoms with van der Waals surface area (Å²) in [5.74, 6) is 0.408. The van der Waals surface area contributed by atoms with Crippen molar-refractivity contribution >= 4 is 26.0 Å². The van der Waals surface area contributed by atoms with Crippen molar-refractivity contribution < 1.29 is 8.42 Å². The molecule has 1 aromatic rings. The van der Waals surface area contributed by atoms with Crippen LogP contribution in [0.4, 0.5) is 0 Å². The number of halogens is 1. The van der Waals surface area contributed by atoms with Gasteiger partial charge in [-0.1, -0.05) is 15.9 Å². The largest absolute Gasteiger partial charge is 0.329 e. The summed E-state index contributed by atoms with van der Waals surface area (Å²) in [6.07, 6.45) is 2.12. The maximum atomic E-state index is 12.1. The summed E-state index contributed by atoms with van der Waals surface area (Å²) in [4.78, 5) is 0.278. The van der Waals surface area contributed by atoms with Crippen molar-refractivity contribution in [3.05, 3.63) is 28.7 Å². The van der Waals surface area contributed by atoms with Crippen LogP contribution in [0.1, 0.15) is 12.8 Å². The first-order chi connectivity index (χ1) is 8.03. The fourth-order valence-electron chi connectivity index (χ4n) is 1.72. The summed E-state index contributed by atoms with van der Waals surface area (Å²) in [5, 5.41) is 0. The highest BCUT2D eigenvalue weighted by atomic mass is 79.9. The van der Waals surface area contributed by atoms with Crippen LogP contribution in [0, 0.1) is 5.92 Å². The maximum absolute atomic E-state index is 12.1. The van der Waals surface area contributed by atoms with Gasteiger partial charge in [-0.3, -0.25) is 0 Å². The molecule has 94 valence electrons. The molecule has 1 atom stereocenters. The molecule has 3 N–H and O–H groups in total. The van der Waals surface area contributed by atoms with Crippen LogP contribution in [-0.4, -0.2) is 21.0 Å². The molecule has 0 amide bonds. The van der Waals surface area contributed by atoms with Crippen molar-refractivity contribution in [1.82, 2.24) is 4.72 Å². The third-order valence-electron chi connectivity index (χ3n) is 2.88. The molecule has 2 rings (SSSR count). The molecule has 6 heteroatoms. The van der Waals surface area contributed by atoms with Crippen molar-refractivity contribution in [1.29, 1.82) is 0 Å². The summed E-state index contributed by atoms with van der Waals surface area (Å²) in [6, 6.07) is 6.44. The van der Waals surface area contributed by atoms with Crippen molar-refractivity contribution in [3.63, 3.8) is 0 Å². The highest BCUT2D eigenvalue weighted by Gasteiger charge is 2.33. The van der Waals surface area contributed by atoms with Crippen LogP contribution < -0.4 is 10.5 Å². The molecule has 4 nitrogen and oxygen atoms in total. The minimum absolute atomic E-state index is 0.136. The summed E-state index contributed by atoms with van der Waals surface area (Å²) in [6.45, 7) is 0.348. The van der Waals surface area contributed by atoms with Crippen LogP contribution in [0.25, 0.3) is 0 Å². The average Bonchev–Trinajstić information content (AvgIpc) is 3.10.